The summed E-state index contributed by atoms with van der Waals surface area (Å²) in [5, 5.41) is 9.50. The third-order valence-electron chi connectivity index (χ3n) is 2.73. The van der Waals surface area contributed by atoms with Gasteiger partial charge in [0.2, 0.25) is 0 Å². The number of amides is 1. The van der Waals surface area contributed by atoms with E-state index in [1.165, 1.54) is 12.0 Å². The highest BCUT2D eigenvalue weighted by Gasteiger charge is 2.30. The van der Waals surface area contributed by atoms with Crippen molar-refractivity contribution < 1.29 is 19.4 Å². The van der Waals surface area contributed by atoms with Crippen LogP contribution in [0, 0.1) is 0 Å². The maximum Gasteiger partial charge on any atom is 0.251 e. The van der Waals surface area contributed by atoms with Crippen molar-refractivity contribution in [3.8, 4) is 0 Å². The summed E-state index contributed by atoms with van der Waals surface area (Å²) in [5.41, 5.74) is 0. The van der Waals surface area contributed by atoms with Crippen molar-refractivity contribution in [1.82, 2.24) is 4.90 Å². The minimum absolute atomic E-state index is 0.0560. The van der Waals surface area contributed by atoms with Crippen molar-refractivity contribution in [2.24, 2.45) is 0 Å². The Balaban J connectivity index is 2.35. The Morgan fingerprint density at radius 2 is 2.31 bits per heavy atom. The fraction of sp³-hybridized carbons (Fsp3) is 0.909. The molecular formula is C11H21NO4. The van der Waals surface area contributed by atoms with Crippen LogP contribution in [0.15, 0.2) is 0 Å². The fourth-order valence-electron chi connectivity index (χ4n) is 1.88. The van der Waals surface area contributed by atoms with Gasteiger partial charge in [0.05, 0.1) is 18.8 Å². The largest absolute Gasteiger partial charge is 0.389 e. The molecule has 3 unspecified atom stereocenters. The maximum absolute atomic E-state index is 11.9. The summed E-state index contributed by atoms with van der Waals surface area (Å²) in [6.45, 7) is 2.48. The summed E-state index contributed by atoms with van der Waals surface area (Å²) in [6, 6.07) is 0. The van der Waals surface area contributed by atoms with E-state index in [-0.39, 0.29) is 31.3 Å². The molecular weight excluding hydrogens is 210 g/mol. The van der Waals surface area contributed by atoms with Gasteiger partial charge in [0.15, 0.2) is 0 Å². The zero-order valence-electron chi connectivity index (χ0n) is 10.2. The molecule has 0 radical (unpaired) electrons. The molecule has 1 saturated heterocycles. The molecule has 5 heteroatoms. The zero-order chi connectivity index (χ0) is 12.1. The van der Waals surface area contributed by atoms with Crippen LogP contribution in [0.2, 0.25) is 0 Å². The Bertz CT molecular complexity index is 234. The van der Waals surface area contributed by atoms with Crippen LogP contribution < -0.4 is 0 Å². The topological polar surface area (TPSA) is 59.0 Å². The molecule has 1 amide bonds. The van der Waals surface area contributed by atoms with Crippen LogP contribution in [-0.2, 0) is 14.3 Å². The van der Waals surface area contributed by atoms with Crippen LogP contribution in [0.1, 0.15) is 19.8 Å². The molecule has 94 valence electrons. The van der Waals surface area contributed by atoms with E-state index >= 15 is 0 Å². The molecule has 0 aromatic rings. The van der Waals surface area contributed by atoms with Crippen LogP contribution in [0.3, 0.4) is 0 Å². The summed E-state index contributed by atoms with van der Waals surface area (Å²) in [7, 11) is 3.19. The van der Waals surface area contributed by atoms with Gasteiger partial charge in [0.25, 0.3) is 5.91 Å². The maximum atomic E-state index is 11.9. The number of rotatable bonds is 5. The van der Waals surface area contributed by atoms with Crippen molar-refractivity contribution in [1.29, 1.82) is 0 Å². The molecule has 5 nitrogen and oxygen atoms in total. The lowest BCUT2D eigenvalue weighted by Gasteiger charge is -2.23. The second-order valence-corrected chi connectivity index (χ2v) is 4.34. The quantitative estimate of drug-likeness (QED) is 0.724. The van der Waals surface area contributed by atoms with Crippen LogP contribution in [-0.4, -0.2) is 61.5 Å². The number of aliphatic hydroxyl groups excluding tert-OH is 1. The molecule has 0 aromatic heterocycles. The van der Waals surface area contributed by atoms with Crippen LogP contribution in [0.5, 0.6) is 0 Å². The van der Waals surface area contributed by atoms with Crippen LogP contribution in [0.25, 0.3) is 0 Å². The van der Waals surface area contributed by atoms with Crippen molar-refractivity contribution in [3.05, 3.63) is 0 Å². The second kappa shape index (κ2) is 6.18. The van der Waals surface area contributed by atoms with Gasteiger partial charge in [-0.2, -0.15) is 0 Å². The predicted molar refractivity (Wildman–Crippen MR) is 59.1 cm³/mol. The number of hydrogen-bond acceptors (Lipinski definition) is 4. The van der Waals surface area contributed by atoms with Crippen LogP contribution >= 0.6 is 0 Å². The lowest BCUT2D eigenvalue weighted by Crippen LogP contribution is -2.41. The summed E-state index contributed by atoms with van der Waals surface area (Å²) in [4.78, 5) is 13.4. The highest BCUT2D eigenvalue weighted by Crippen LogP contribution is 2.20. The lowest BCUT2D eigenvalue weighted by atomic mass is 10.2. The Morgan fingerprint density at radius 3 is 2.81 bits per heavy atom. The molecule has 0 spiro atoms. The first-order valence-corrected chi connectivity index (χ1v) is 5.62. The van der Waals surface area contributed by atoms with Crippen molar-refractivity contribution in [2.75, 3.05) is 27.3 Å². The molecule has 0 aliphatic carbocycles. The van der Waals surface area contributed by atoms with Gasteiger partial charge in [0.1, 0.15) is 6.10 Å². The van der Waals surface area contributed by atoms with E-state index in [1.807, 2.05) is 6.92 Å². The number of hydrogen-bond donors (Lipinski definition) is 1. The number of methoxy groups -OCH3 is 1. The smallest absolute Gasteiger partial charge is 0.251 e. The van der Waals surface area contributed by atoms with Gasteiger partial charge in [-0.1, -0.05) is 0 Å². The first-order valence-electron chi connectivity index (χ1n) is 5.62. The van der Waals surface area contributed by atoms with E-state index in [1.54, 1.807) is 7.05 Å². The minimum Gasteiger partial charge on any atom is -0.389 e. The average Bonchev–Trinajstić information content (AvgIpc) is 2.64. The van der Waals surface area contributed by atoms with E-state index < -0.39 is 6.10 Å². The Hall–Kier alpha value is -0.650. The molecule has 0 saturated carbocycles. The highest BCUT2D eigenvalue weighted by molar-refractivity contribution is 5.81. The molecule has 0 aromatic carbocycles. The standard InChI is InChI=1S/C11H21NO4/c1-8-4-5-10(16-8)11(14)12(2)6-9(13)7-15-3/h8-10,13H,4-7H2,1-3H3. The summed E-state index contributed by atoms with van der Waals surface area (Å²) >= 11 is 0. The molecule has 16 heavy (non-hydrogen) atoms. The van der Waals surface area contributed by atoms with Gasteiger partial charge in [-0.25, -0.2) is 0 Å². The molecule has 3 atom stereocenters. The van der Waals surface area contributed by atoms with Gasteiger partial charge < -0.3 is 19.5 Å². The van der Waals surface area contributed by atoms with Crippen LogP contribution in [0.4, 0.5) is 0 Å². The number of ether oxygens (including phenoxy) is 2. The van der Waals surface area contributed by atoms with Gasteiger partial charge in [-0.05, 0) is 19.8 Å². The summed E-state index contributed by atoms with van der Waals surface area (Å²) < 4.78 is 10.3. The minimum atomic E-state index is -0.641. The molecule has 1 aliphatic rings. The molecule has 1 fully saturated rings. The monoisotopic (exact) mass is 231 g/mol. The van der Waals surface area contributed by atoms with Gasteiger partial charge in [-0.15, -0.1) is 0 Å². The van der Waals surface area contributed by atoms with Gasteiger partial charge in [-0.3, -0.25) is 4.79 Å². The van der Waals surface area contributed by atoms with Gasteiger partial charge in [0, 0.05) is 20.7 Å². The number of carbonyl (C=O) groups is 1. The van der Waals surface area contributed by atoms with Crippen molar-refractivity contribution in [2.45, 2.75) is 38.1 Å². The fourth-order valence-corrected chi connectivity index (χ4v) is 1.88. The Morgan fingerprint density at radius 1 is 1.62 bits per heavy atom. The second-order valence-electron chi connectivity index (χ2n) is 4.34. The molecule has 0 bridgehead atoms. The average molecular weight is 231 g/mol. The SMILES string of the molecule is COCC(O)CN(C)C(=O)C1CCC(C)O1. The normalized spacial score (nSPS) is 26.8. The number of nitrogens with zero attached hydrogens (tertiary/aromatic N) is 1. The highest BCUT2D eigenvalue weighted by atomic mass is 16.5. The molecule has 1 heterocycles. The van der Waals surface area contributed by atoms with E-state index in [0.29, 0.717) is 0 Å². The predicted octanol–water partition coefficient (Wildman–Crippen LogP) is 0.0196. The zero-order valence-corrected chi connectivity index (χ0v) is 10.2. The van der Waals surface area contributed by atoms with E-state index in [4.69, 9.17) is 9.47 Å². The van der Waals surface area contributed by atoms with E-state index in [0.717, 1.165) is 12.8 Å². The molecule has 1 rings (SSSR count). The van der Waals surface area contributed by atoms with E-state index in [2.05, 4.69) is 0 Å². The number of aliphatic hydroxyl groups is 1. The molecule has 1 N–H and O–H groups in total. The number of likely N-dealkylation sites (N-methyl/N-ethyl adjacent to an activating group) is 1. The number of carbonyl (C=O) groups excluding carboxylic acids is 1. The third-order valence-corrected chi connectivity index (χ3v) is 2.73. The first-order chi connectivity index (χ1) is 7.54. The van der Waals surface area contributed by atoms with Gasteiger partial charge >= 0.3 is 0 Å². The summed E-state index contributed by atoms with van der Waals surface area (Å²) in [5.74, 6) is -0.0560. The Kier molecular flexibility index (Phi) is 5.18. The van der Waals surface area contributed by atoms with E-state index in [9.17, 15) is 9.90 Å². The molecule has 1 aliphatic heterocycles. The Labute approximate surface area is 96.3 Å². The third kappa shape index (κ3) is 3.73. The van der Waals surface area contributed by atoms with Crippen molar-refractivity contribution >= 4 is 5.91 Å². The van der Waals surface area contributed by atoms with Crippen molar-refractivity contribution in [3.63, 3.8) is 0 Å². The first kappa shape index (κ1) is 13.4. The lowest BCUT2D eigenvalue weighted by molar-refractivity contribution is -0.142. The summed E-state index contributed by atoms with van der Waals surface area (Å²) in [6.07, 6.45) is 0.869.